The summed E-state index contributed by atoms with van der Waals surface area (Å²) in [5, 5.41) is 2.83. The number of thiocarbonyl (C=S) groups is 1. The standard InChI is InChI=1S/C17H22N2O2S/c1-2-3-4-5-9-12-14-15(20)18-17(22)19(16(14)21)13-10-7-6-8-11-13/h6-8,10-11,14H,2-5,9,12H2,1H3,(H,18,20,22)/t14-/m0/s1. The Kier molecular flexibility index (Phi) is 6.07. The zero-order chi connectivity index (χ0) is 15.9. The Morgan fingerprint density at radius 1 is 1.09 bits per heavy atom. The summed E-state index contributed by atoms with van der Waals surface area (Å²) in [6.07, 6.45) is 6.06. The number of para-hydroxylation sites is 1. The van der Waals surface area contributed by atoms with E-state index in [2.05, 4.69) is 12.2 Å². The number of anilines is 1. The number of carbonyl (C=O) groups is 2. The van der Waals surface area contributed by atoms with Gasteiger partial charge in [-0.25, -0.2) is 0 Å². The normalized spacial score (nSPS) is 18.5. The molecule has 118 valence electrons. The Bertz CT molecular complexity index is 545. The Balaban J connectivity index is 2.03. The molecule has 0 aromatic heterocycles. The van der Waals surface area contributed by atoms with E-state index in [0.717, 1.165) is 19.3 Å². The summed E-state index contributed by atoms with van der Waals surface area (Å²) in [7, 11) is 0. The maximum Gasteiger partial charge on any atom is 0.245 e. The van der Waals surface area contributed by atoms with E-state index in [1.54, 1.807) is 0 Å². The van der Waals surface area contributed by atoms with Gasteiger partial charge in [0.25, 0.3) is 0 Å². The second kappa shape index (κ2) is 8.03. The van der Waals surface area contributed by atoms with Crippen molar-refractivity contribution < 1.29 is 9.59 Å². The first-order chi connectivity index (χ1) is 10.6. The molecule has 1 saturated heterocycles. The summed E-state index contributed by atoms with van der Waals surface area (Å²) in [6, 6.07) is 9.22. The summed E-state index contributed by atoms with van der Waals surface area (Å²) < 4.78 is 0. The minimum atomic E-state index is -0.631. The van der Waals surface area contributed by atoms with Crippen LogP contribution in [-0.2, 0) is 9.59 Å². The van der Waals surface area contributed by atoms with E-state index in [9.17, 15) is 9.59 Å². The lowest BCUT2D eigenvalue weighted by Gasteiger charge is -2.32. The van der Waals surface area contributed by atoms with Crippen molar-refractivity contribution in [2.75, 3.05) is 4.90 Å². The molecule has 1 aliphatic heterocycles. The molecule has 0 bridgehead atoms. The maximum absolute atomic E-state index is 12.6. The molecule has 1 aromatic carbocycles. The van der Waals surface area contributed by atoms with Gasteiger partial charge in [0.05, 0.1) is 5.69 Å². The van der Waals surface area contributed by atoms with Gasteiger partial charge < -0.3 is 5.32 Å². The molecule has 0 saturated carbocycles. The smallest absolute Gasteiger partial charge is 0.245 e. The Morgan fingerprint density at radius 3 is 2.45 bits per heavy atom. The number of hydrogen-bond donors (Lipinski definition) is 1. The number of nitrogens with one attached hydrogen (secondary N) is 1. The highest BCUT2D eigenvalue weighted by molar-refractivity contribution is 7.80. The number of nitrogens with zero attached hydrogens (tertiary/aromatic N) is 1. The molecular formula is C17H22N2O2S. The first-order valence-corrected chi connectivity index (χ1v) is 8.29. The van der Waals surface area contributed by atoms with Crippen LogP contribution < -0.4 is 10.2 Å². The zero-order valence-electron chi connectivity index (χ0n) is 12.9. The highest BCUT2D eigenvalue weighted by Gasteiger charge is 2.38. The third-order valence-electron chi connectivity index (χ3n) is 3.88. The topological polar surface area (TPSA) is 49.4 Å². The molecule has 0 unspecified atom stereocenters. The molecule has 5 heteroatoms. The largest absolute Gasteiger partial charge is 0.302 e. The van der Waals surface area contributed by atoms with Gasteiger partial charge in [-0.15, -0.1) is 0 Å². The minimum Gasteiger partial charge on any atom is -0.302 e. The molecule has 1 aromatic rings. The summed E-state index contributed by atoms with van der Waals surface area (Å²) in [4.78, 5) is 26.1. The maximum atomic E-state index is 12.6. The van der Waals surface area contributed by atoms with E-state index >= 15 is 0 Å². The van der Waals surface area contributed by atoms with Crippen LogP contribution in [0.1, 0.15) is 45.4 Å². The fraction of sp³-hybridized carbons (Fsp3) is 0.471. The number of carbonyl (C=O) groups excluding carboxylic acids is 2. The van der Waals surface area contributed by atoms with Gasteiger partial charge in [-0.3, -0.25) is 14.5 Å². The van der Waals surface area contributed by atoms with Crippen LogP contribution in [0.5, 0.6) is 0 Å². The van der Waals surface area contributed by atoms with E-state index in [0.29, 0.717) is 12.1 Å². The number of unbranched alkanes of at least 4 members (excludes halogenated alkanes) is 4. The Morgan fingerprint density at radius 2 is 1.77 bits per heavy atom. The molecule has 1 N–H and O–H groups in total. The van der Waals surface area contributed by atoms with Gasteiger partial charge in [0.2, 0.25) is 11.8 Å². The van der Waals surface area contributed by atoms with E-state index in [1.165, 1.54) is 17.7 Å². The fourth-order valence-electron chi connectivity index (χ4n) is 2.64. The SMILES string of the molecule is CCCCCCC[C@H]1C(=O)NC(=S)N(c2ccccc2)C1=O. The second-order valence-electron chi connectivity index (χ2n) is 5.56. The van der Waals surface area contributed by atoms with E-state index in [1.807, 2.05) is 30.3 Å². The molecule has 1 aliphatic rings. The van der Waals surface area contributed by atoms with Crippen LogP contribution in [0.15, 0.2) is 30.3 Å². The molecule has 0 aliphatic carbocycles. The average Bonchev–Trinajstić information content (AvgIpc) is 2.50. The molecule has 1 atom stereocenters. The van der Waals surface area contributed by atoms with Crippen molar-refractivity contribution in [2.45, 2.75) is 45.4 Å². The first-order valence-electron chi connectivity index (χ1n) is 7.89. The molecular weight excluding hydrogens is 296 g/mol. The molecule has 0 spiro atoms. The summed E-state index contributed by atoms with van der Waals surface area (Å²) in [5.41, 5.74) is 0.702. The summed E-state index contributed by atoms with van der Waals surface area (Å²) >= 11 is 5.16. The fourth-order valence-corrected chi connectivity index (χ4v) is 2.94. The monoisotopic (exact) mass is 318 g/mol. The third kappa shape index (κ3) is 3.91. The van der Waals surface area contributed by atoms with Crippen molar-refractivity contribution in [3.8, 4) is 0 Å². The van der Waals surface area contributed by atoms with Crippen molar-refractivity contribution in [1.82, 2.24) is 5.32 Å². The van der Waals surface area contributed by atoms with Crippen LogP contribution in [0.3, 0.4) is 0 Å². The predicted molar refractivity (Wildman–Crippen MR) is 91.5 cm³/mol. The molecule has 2 amide bonds. The minimum absolute atomic E-state index is 0.170. The van der Waals surface area contributed by atoms with Gasteiger partial charge in [0, 0.05) is 0 Å². The number of hydrogen-bond acceptors (Lipinski definition) is 3. The van der Waals surface area contributed by atoms with Crippen molar-refractivity contribution in [3.63, 3.8) is 0 Å². The van der Waals surface area contributed by atoms with Crippen molar-refractivity contribution in [1.29, 1.82) is 0 Å². The summed E-state index contributed by atoms with van der Waals surface area (Å²) in [5.74, 6) is -1.11. The van der Waals surface area contributed by atoms with E-state index < -0.39 is 5.92 Å². The number of rotatable bonds is 7. The van der Waals surface area contributed by atoms with Crippen molar-refractivity contribution in [2.24, 2.45) is 5.92 Å². The van der Waals surface area contributed by atoms with Crippen LogP contribution in [0.2, 0.25) is 0 Å². The van der Waals surface area contributed by atoms with E-state index in [-0.39, 0.29) is 16.9 Å². The number of benzene rings is 1. The second-order valence-corrected chi connectivity index (χ2v) is 5.95. The van der Waals surface area contributed by atoms with Crippen LogP contribution in [0.4, 0.5) is 5.69 Å². The first kappa shape index (κ1) is 16.6. The molecule has 4 nitrogen and oxygen atoms in total. The average molecular weight is 318 g/mol. The van der Waals surface area contributed by atoms with Gasteiger partial charge >= 0.3 is 0 Å². The summed E-state index contributed by atoms with van der Waals surface area (Å²) in [6.45, 7) is 2.16. The number of amides is 2. The molecule has 22 heavy (non-hydrogen) atoms. The zero-order valence-corrected chi connectivity index (χ0v) is 13.7. The Labute approximate surface area is 136 Å². The molecule has 1 fully saturated rings. The molecule has 0 radical (unpaired) electrons. The van der Waals surface area contributed by atoms with Crippen LogP contribution >= 0.6 is 12.2 Å². The lowest BCUT2D eigenvalue weighted by atomic mass is 9.96. The van der Waals surface area contributed by atoms with Crippen molar-refractivity contribution in [3.05, 3.63) is 30.3 Å². The van der Waals surface area contributed by atoms with Gasteiger partial charge in [-0.1, -0.05) is 57.2 Å². The lowest BCUT2D eigenvalue weighted by Crippen LogP contribution is -2.58. The highest BCUT2D eigenvalue weighted by Crippen LogP contribution is 2.23. The predicted octanol–water partition coefficient (Wildman–Crippen LogP) is 3.41. The van der Waals surface area contributed by atoms with Gasteiger partial charge in [-0.2, -0.15) is 0 Å². The van der Waals surface area contributed by atoms with Gasteiger partial charge in [0.15, 0.2) is 5.11 Å². The third-order valence-corrected chi connectivity index (χ3v) is 4.16. The van der Waals surface area contributed by atoms with Crippen LogP contribution in [0.25, 0.3) is 0 Å². The quantitative estimate of drug-likeness (QED) is 0.476. The van der Waals surface area contributed by atoms with Gasteiger partial charge in [-0.05, 0) is 30.8 Å². The molecule has 1 heterocycles. The van der Waals surface area contributed by atoms with Crippen molar-refractivity contribution >= 4 is 34.8 Å². The lowest BCUT2D eigenvalue weighted by molar-refractivity contribution is -0.134. The Hall–Kier alpha value is -1.75. The van der Waals surface area contributed by atoms with E-state index in [4.69, 9.17) is 12.2 Å². The van der Waals surface area contributed by atoms with Crippen LogP contribution in [-0.4, -0.2) is 16.9 Å². The molecule has 2 rings (SSSR count). The van der Waals surface area contributed by atoms with Crippen LogP contribution in [0, 0.1) is 5.92 Å². The van der Waals surface area contributed by atoms with Gasteiger partial charge in [0.1, 0.15) is 5.92 Å². The highest BCUT2D eigenvalue weighted by atomic mass is 32.1.